The Hall–Kier alpha value is -2.15. The van der Waals surface area contributed by atoms with Crippen LogP contribution in [0.15, 0.2) is 36.5 Å². The number of anilines is 1. The first kappa shape index (κ1) is 20.6. The summed E-state index contributed by atoms with van der Waals surface area (Å²) < 4.78 is 16.1. The van der Waals surface area contributed by atoms with E-state index in [0.29, 0.717) is 55.9 Å². The molecular formula is C21H25ClN2O4. The van der Waals surface area contributed by atoms with Crippen LogP contribution in [-0.2, 0) is 19.7 Å². The highest BCUT2D eigenvalue weighted by molar-refractivity contribution is 6.31. The number of aromatic nitrogens is 1. The maximum atomic E-state index is 13.3. The van der Waals surface area contributed by atoms with E-state index in [9.17, 15) is 4.79 Å². The van der Waals surface area contributed by atoms with Gasteiger partial charge in [0.05, 0.1) is 23.9 Å². The number of nitrogens with zero attached hydrogens (tertiary/aromatic N) is 1. The molecule has 0 spiro atoms. The van der Waals surface area contributed by atoms with Crippen molar-refractivity contribution in [2.45, 2.75) is 25.2 Å². The number of carbonyl (C=O) groups is 1. The summed E-state index contributed by atoms with van der Waals surface area (Å²) in [5, 5.41) is 3.61. The molecule has 7 heteroatoms. The second-order valence-corrected chi connectivity index (χ2v) is 7.22. The largest absolute Gasteiger partial charge is 0.475 e. The second-order valence-electron chi connectivity index (χ2n) is 6.82. The minimum Gasteiger partial charge on any atom is -0.475 e. The van der Waals surface area contributed by atoms with Gasteiger partial charge in [-0.2, -0.15) is 0 Å². The summed E-state index contributed by atoms with van der Waals surface area (Å²) in [6.45, 7) is 3.83. The summed E-state index contributed by atoms with van der Waals surface area (Å²) in [7, 11) is 1.62. The summed E-state index contributed by atoms with van der Waals surface area (Å²) in [6, 6.07) is 9.37. The first-order valence-corrected chi connectivity index (χ1v) is 9.67. The standard InChI is InChI=1S/C21H25ClN2O4/c1-15-13-16(14-23-19(15)28-12-11-26-2)24-20(25)21(7-9-27-10-8-21)17-5-3-4-6-18(17)22/h3-6,13-14H,7-12H2,1-2H3,(H,24,25). The number of nitrogens with one attached hydrogen (secondary N) is 1. The highest BCUT2D eigenvalue weighted by Gasteiger charge is 2.43. The number of amides is 1. The molecule has 0 atom stereocenters. The van der Waals surface area contributed by atoms with Gasteiger partial charge in [0.1, 0.15) is 6.61 Å². The number of carbonyl (C=O) groups excluding carboxylic acids is 1. The molecular weight excluding hydrogens is 380 g/mol. The van der Waals surface area contributed by atoms with Crippen LogP contribution < -0.4 is 10.1 Å². The van der Waals surface area contributed by atoms with Crippen LogP contribution in [-0.4, -0.2) is 44.4 Å². The Morgan fingerprint density at radius 2 is 2.04 bits per heavy atom. The number of halogens is 1. The van der Waals surface area contributed by atoms with Crippen molar-refractivity contribution in [1.82, 2.24) is 4.98 Å². The van der Waals surface area contributed by atoms with Gasteiger partial charge in [0, 0.05) is 30.9 Å². The Bertz CT molecular complexity index is 822. The van der Waals surface area contributed by atoms with Gasteiger partial charge in [0.2, 0.25) is 11.8 Å². The summed E-state index contributed by atoms with van der Waals surface area (Å²) in [6.07, 6.45) is 2.76. The fourth-order valence-corrected chi connectivity index (χ4v) is 3.76. The number of aryl methyl sites for hydroxylation is 1. The number of methoxy groups -OCH3 is 1. The van der Waals surface area contributed by atoms with E-state index in [1.807, 2.05) is 37.3 Å². The normalized spacial score (nSPS) is 15.8. The van der Waals surface area contributed by atoms with Crippen molar-refractivity contribution in [2.75, 3.05) is 38.9 Å². The smallest absolute Gasteiger partial charge is 0.235 e. The zero-order chi connectivity index (χ0) is 20.0. The molecule has 0 radical (unpaired) electrons. The van der Waals surface area contributed by atoms with E-state index >= 15 is 0 Å². The molecule has 28 heavy (non-hydrogen) atoms. The third kappa shape index (κ3) is 4.46. The average Bonchev–Trinajstić information content (AvgIpc) is 2.70. The van der Waals surface area contributed by atoms with Gasteiger partial charge in [-0.05, 0) is 37.5 Å². The molecule has 1 amide bonds. The lowest BCUT2D eigenvalue weighted by Crippen LogP contribution is -2.45. The molecule has 1 aromatic heterocycles. The minimum atomic E-state index is -0.724. The lowest BCUT2D eigenvalue weighted by atomic mass is 9.73. The Morgan fingerprint density at radius 3 is 2.71 bits per heavy atom. The molecule has 1 N–H and O–H groups in total. The van der Waals surface area contributed by atoms with Gasteiger partial charge in [-0.3, -0.25) is 4.79 Å². The van der Waals surface area contributed by atoms with Gasteiger partial charge < -0.3 is 19.5 Å². The highest BCUT2D eigenvalue weighted by atomic mass is 35.5. The Morgan fingerprint density at radius 1 is 1.29 bits per heavy atom. The lowest BCUT2D eigenvalue weighted by Gasteiger charge is -2.36. The number of hydrogen-bond acceptors (Lipinski definition) is 5. The Kier molecular flexibility index (Phi) is 6.88. The fraction of sp³-hybridized carbons (Fsp3) is 0.429. The van der Waals surface area contributed by atoms with Gasteiger partial charge >= 0.3 is 0 Å². The van der Waals surface area contributed by atoms with Gasteiger partial charge in [-0.1, -0.05) is 29.8 Å². The second kappa shape index (κ2) is 9.37. The van der Waals surface area contributed by atoms with Gasteiger partial charge in [-0.15, -0.1) is 0 Å². The van der Waals surface area contributed by atoms with Crippen molar-refractivity contribution in [3.8, 4) is 5.88 Å². The van der Waals surface area contributed by atoms with E-state index in [2.05, 4.69) is 10.3 Å². The van der Waals surface area contributed by atoms with Crippen molar-refractivity contribution < 1.29 is 19.0 Å². The van der Waals surface area contributed by atoms with Crippen LogP contribution in [0.2, 0.25) is 5.02 Å². The van der Waals surface area contributed by atoms with Crippen LogP contribution in [0.25, 0.3) is 0 Å². The third-order valence-corrected chi connectivity index (χ3v) is 5.31. The molecule has 0 aliphatic carbocycles. The van der Waals surface area contributed by atoms with Gasteiger partial charge in [-0.25, -0.2) is 4.98 Å². The predicted molar refractivity (Wildman–Crippen MR) is 108 cm³/mol. The molecule has 1 fully saturated rings. The monoisotopic (exact) mass is 404 g/mol. The summed E-state index contributed by atoms with van der Waals surface area (Å²) >= 11 is 6.44. The highest BCUT2D eigenvalue weighted by Crippen LogP contribution is 2.39. The number of benzene rings is 1. The van der Waals surface area contributed by atoms with Crippen LogP contribution in [0, 0.1) is 6.92 Å². The molecule has 1 aliphatic heterocycles. The minimum absolute atomic E-state index is 0.0989. The van der Waals surface area contributed by atoms with Crippen LogP contribution in [0.4, 0.5) is 5.69 Å². The van der Waals surface area contributed by atoms with Gasteiger partial charge in [0.25, 0.3) is 0 Å². The summed E-state index contributed by atoms with van der Waals surface area (Å²) in [4.78, 5) is 17.7. The van der Waals surface area contributed by atoms with E-state index in [0.717, 1.165) is 11.1 Å². The zero-order valence-corrected chi connectivity index (χ0v) is 16.9. The number of hydrogen-bond donors (Lipinski definition) is 1. The maximum Gasteiger partial charge on any atom is 0.235 e. The topological polar surface area (TPSA) is 69.7 Å². The molecule has 0 unspecified atom stereocenters. The summed E-state index contributed by atoms with van der Waals surface area (Å²) in [5.74, 6) is 0.431. The van der Waals surface area contributed by atoms with Crippen LogP contribution >= 0.6 is 11.6 Å². The van der Waals surface area contributed by atoms with Crippen molar-refractivity contribution in [3.63, 3.8) is 0 Å². The van der Waals surface area contributed by atoms with E-state index in [1.165, 1.54) is 0 Å². The summed E-state index contributed by atoms with van der Waals surface area (Å²) in [5.41, 5.74) is 1.58. The third-order valence-electron chi connectivity index (χ3n) is 4.98. The molecule has 2 heterocycles. The zero-order valence-electron chi connectivity index (χ0n) is 16.2. The van der Waals surface area contributed by atoms with Crippen molar-refractivity contribution in [2.24, 2.45) is 0 Å². The molecule has 1 saturated heterocycles. The molecule has 2 aromatic rings. The van der Waals surface area contributed by atoms with Crippen LogP contribution in [0.3, 0.4) is 0 Å². The lowest BCUT2D eigenvalue weighted by molar-refractivity contribution is -0.125. The number of pyridine rings is 1. The maximum absolute atomic E-state index is 13.3. The van der Waals surface area contributed by atoms with Gasteiger partial charge in [0.15, 0.2) is 0 Å². The SMILES string of the molecule is COCCOc1ncc(NC(=O)C2(c3ccccc3Cl)CCOCC2)cc1C. The van der Waals surface area contributed by atoms with E-state index < -0.39 is 5.41 Å². The number of ether oxygens (including phenoxy) is 3. The Balaban J connectivity index is 1.81. The average molecular weight is 405 g/mol. The first-order chi connectivity index (χ1) is 13.6. The fourth-order valence-electron chi connectivity index (χ4n) is 3.44. The molecule has 0 bridgehead atoms. The predicted octanol–water partition coefficient (Wildman–Crippen LogP) is 3.76. The van der Waals surface area contributed by atoms with Crippen molar-refractivity contribution in [1.29, 1.82) is 0 Å². The number of rotatable bonds is 7. The Labute approximate surface area is 170 Å². The first-order valence-electron chi connectivity index (χ1n) is 9.29. The molecule has 6 nitrogen and oxygen atoms in total. The quantitative estimate of drug-likeness (QED) is 0.711. The molecule has 3 rings (SSSR count). The van der Waals surface area contributed by atoms with E-state index in [1.54, 1.807) is 13.3 Å². The van der Waals surface area contributed by atoms with E-state index in [4.69, 9.17) is 25.8 Å². The molecule has 150 valence electrons. The van der Waals surface area contributed by atoms with Crippen LogP contribution in [0.5, 0.6) is 5.88 Å². The molecule has 1 aliphatic rings. The molecule has 0 saturated carbocycles. The molecule has 1 aromatic carbocycles. The van der Waals surface area contributed by atoms with Crippen molar-refractivity contribution in [3.05, 3.63) is 52.7 Å². The van der Waals surface area contributed by atoms with Crippen LogP contribution in [0.1, 0.15) is 24.0 Å². The van der Waals surface area contributed by atoms with E-state index in [-0.39, 0.29) is 5.91 Å². The van der Waals surface area contributed by atoms with Crippen molar-refractivity contribution >= 4 is 23.2 Å².